The van der Waals surface area contributed by atoms with Gasteiger partial charge in [-0.1, -0.05) is 0 Å². The van der Waals surface area contributed by atoms with Crippen molar-refractivity contribution in [2.75, 3.05) is 23.0 Å². The fraction of sp³-hybridized carbons (Fsp3) is 0.192. The van der Waals surface area contributed by atoms with Gasteiger partial charge in [-0.25, -0.2) is 12.6 Å². The van der Waals surface area contributed by atoms with Gasteiger partial charge in [-0.05, 0) is 61.8 Å². The van der Waals surface area contributed by atoms with Crippen LogP contribution in [0.1, 0.15) is 22.8 Å². The zero-order chi connectivity index (χ0) is 41.3. The Morgan fingerprint density at radius 2 is 1.43 bits per heavy atom. The number of primary amides is 1. The molecule has 0 fully saturated rings. The van der Waals surface area contributed by atoms with Crippen molar-refractivity contribution in [3.63, 3.8) is 0 Å². The van der Waals surface area contributed by atoms with Gasteiger partial charge >= 0.3 is 10.4 Å². The van der Waals surface area contributed by atoms with E-state index in [0.717, 1.165) is 12.1 Å². The Kier molecular flexibility index (Phi) is 21.5. The van der Waals surface area contributed by atoms with Gasteiger partial charge in [0, 0.05) is 172 Å². The van der Waals surface area contributed by atoms with E-state index < -0.39 is 114 Å². The third-order valence-electron chi connectivity index (χ3n) is 7.00. The van der Waals surface area contributed by atoms with Crippen LogP contribution in [0.5, 0.6) is 5.88 Å². The number of nitrogens with zero attached hydrogens (tertiary/aromatic N) is 6. The van der Waals surface area contributed by atoms with Crippen molar-refractivity contribution in [3.8, 4) is 5.88 Å². The summed E-state index contributed by atoms with van der Waals surface area (Å²) in [6.07, 6.45) is 0. The van der Waals surface area contributed by atoms with E-state index in [1.165, 1.54) is 26.0 Å². The van der Waals surface area contributed by atoms with Crippen molar-refractivity contribution in [1.82, 2.24) is 19.5 Å². The van der Waals surface area contributed by atoms with Crippen LogP contribution >= 0.6 is 11.6 Å². The van der Waals surface area contributed by atoms with Gasteiger partial charge in [-0.15, -0.1) is 10.2 Å². The largest absolute Gasteiger partial charge is 0.494 e. The van der Waals surface area contributed by atoms with E-state index in [0.29, 0.717) is 10.6 Å². The first-order chi connectivity index (χ1) is 25.3. The van der Waals surface area contributed by atoms with Crippen LogP contribution in [0.25, 0.3) is 0 Å². The number of carbonyl (C=O) groups excluding carboxylic acids is 1. The molecule has 4 aromatic rings. The fourth-order valence-electron chi connectivity index (χ4n) is 4.59. The maximum atomic E-state index is 13.0. The molecule has 0 saturated carbocycles. The van der Waals surface area contributed by atoms with E-state index in [1.54, 1.807) is 0 Å². The van der Waals surface area contributed by atoms with Crippen LogP contribution in [0, 0.1) is 6.92 Å². The van der Waals surface area contributed by atoms with Crippen molar-refractivity contribution in [2.24, 2.45) is 16.0 Å². The Balaban J connectivity index is 0.00000561. The second-order valence-corrected chi connectivity index (χ2v) is 17.0. The summed E-state index contributed by atoms with van der Waals surface area (Å²) in [7, 11) is -19.6. The third kappa shape index (κ3) is 14.6. The minimum absolute atomic E-state index is 0. The minimum Gasteiger partial charge on any atom is -0.494 e. The fourth-order valence-corrected chi connectivity index (χ4v) is 7.59. The SMILES string of the molecule is CCn1c(O)c(C(N)=O)c(C)c(N=Nc2cc(Nc3nc(Cl)nc(Nc4ccc(S(=O)(=O)CCOS(=O)(=O)O)cc4)n3)c(S(=O)(=O)O)cc2S(=O)(=O)O)c1=O.[K].[K].[K]. The number of pyridine rings is 1. The molecule has 58 heavy (non-hydrogen) atoms. The average molecular weight is 986 g/mol. The summed E-state index contributed by atoms with van der Waals surface area (Å²) in [4.78, 5) is 34.0. The van der Waals surface area contributed by atoms with Crippen LogP contribution in [-0.4, -0.2) is 244 Å². The summed E-state index contributed by atoms with van der Waals surface area (Å²) in [6, 6.07) is 5.63. The van der Waals surface area contributed by atoms with Crippen molar-refractivity contribution in [3.05, 3.63) is 63.2 Å². The molecule has 0 aliphatic rings. The van der Waals surface area contributed by atoms with Gasteiger partial charge < -0.3 is 21.5 Å². The minimum atomic E-state index is -5.35. The third-order valence-corrected chi connectivity index (χ3v) is 11.1. The molecule has 8 N–H and O–H groups in total. The van der Waals surface area contributed by atoms with Gasteiger partial charge in [0.1, 0.15) is 21.0 Å². The molecule has 0 unspecified atom stereocenters. The Morgan fingerprint density at radius 3 is 1.93 bits per heavy atom. The molecule has 0 aliphatic heterocycles. The van der Waals surface area contributed by atoms with Crippen molar-refractivity contribution >= 4 is 247 Å². The molecule has 3 radical (unpaired) electrons. The number of nitrogens with two attached hydrogens (primary N) is 1. The number of rotatable bonds is 15. The van der Waals surface area contributed by atoms with Crippen LogP contribution in [0.3, 0.4) is 0 Å². The van der Waals surface area contributed by atoms with E-state index in [-0.39, 0.29) is 189 Å². The van der Waals surface area contributed by atoms with Gasteiger partial charge in [0.05, 0.1) is 22.9 Å². The number of hydrogen-bond acceptors (Lipinski definition) is 19. The molecule has 32 heteroatoms. The number of aromatic hydroxyl groups is 1. The number of benzene rings is 2. The number of sulfone groups is 1. The summed E-state index contributed by atoms with van der Waals surface area (Å²) in [5, 5.41) is 22.3. The Hall–Kier alpha value is -0.291. The van der Waals surface area contributed by atoms with E-state index in [4.69, 9.17) is 21.9 Å². The number of amides is 1. The number of carbonyl (C=O) groups is 1. The maximum absolute atomic E-state index is 13.0. The predicted molar refractivity (Wildman–Crippen MR) is 206 cm³/mol. The molecule has 0 aliphatic carbocycles. The van der Waals surface area contributed by atoms with Gasteiger partial charge in [-0.2, -0.15) is 40.2 Å². The van der Waals surface area contributed by atoms with E-state index in [1.807, 2.05) is 0 Å². The monoisotopic (exact) mass is 984 g/mol. The van der Waals surface area contributed by atoms with Crippen molar-refractivity contribution < 1.29 is 61.4 Å². The second kappa shape index (κ2) is 22.4. The number of halogens is 1. The van der Waals surface area contributed by atoms with E-state index >= 15 is 0 Å². The smallest absolute Gasteiger partial charge is 0.397 e. The first-order valence-electron chi connectivity index (χ1n) is 14.5. The number of azo groups is 1. The number of anilines is 4. The normalized spacial score (nSPS) is 11.9. The first-order valence-corrected chi connectivity index (χ1v) is 20.8. The molecule has 2 aromatic heterocycles. The molecule has 2 aromatic carbocycles. The zero-order valence-electron chi connectivity index (χ0n) is 30.6. The zero-order valence-corrected chi connectivity index (χ0v) is 44.0. The van der Waals surface area contributed by atoms with Crippen molar-refractivity contribution in [2.45, 2.75) is 35.1 Å². The molecular formula is C26H26ClK3N9O15S4. The number of hydrogen-bond donors (Lipinski definition) is 7. The molecule has 1 amide bonds. The average Bonchev–Trinajstić information content (AvgIpc) is 3.03. The molecule has 24 nitrogen and oxygen atoms in total. The van der Waals surface area contributed by atoms with E-state index in [2.05, 4.69) is 40.0 Å². The van der Waals surface area contributed by atoms with Gasteiger partial charge in [-0.3, -0.25) is 27.8 Å². The molecule has 0 bridgehead atoms. The number of nitrogens with one attached hydrogen (secondary N) is 2. The Morgan fingerprint density at radius 1 is 0.879 bits per heavy atom. The van der Waals surface area contributed by atoms with Crippen LogP contribution in [0.2, 0.25) is 5.28 Å². The summed E-state index contributed by atoms with van der Waals surface area (Å²) < 4.78 is 129. The first kappa shape index (κ1) is 55.7. The van der Waals surface area contributed by atoms with Gasteiger partial charge in [0.15, 0.2) is 15.5 Å². The summed E-state index contributed by atoms with van der Waals surface area (Å²) in [5.41, 5.74) is 1.54. The molecule has 0 spiro atoms. The Labute approximate surface area is 462 Å². The molecule has 2 heterocycles. The molecule has 0 atom stereocenters. The molecule has 4 rings (SSSR count). The quantitative estimate of drug-likeness (QED) is 0.0489. The number of aromatic nitrogens is 4. The molecular weight excluding hydrogens is 959 g/mol. The Bertz CT molecular complexity index is 2760. The summed E-state index contributed by atoms with van der Waals surface area (Å²) in [5.74, 6) is -3.64. The topological polar surface area (TPSA) is 379 Å². The van der Waals surface area contributed by atoms with Crippen molar-refractivity contribution in [1.29, 1.82) is 0 Å². The molecule has 299 valence electrons. The van der Waals surface area contributed by atoms with Gasteiger partial charge in [0.2, 0.25) is 23.1 Å². The summed E-state index contributed by atoms with van der Waals surface area (Å²) in [6.45, 7) is 1.56. The second-order valence-electron chi connectivity index (χ2n) is 10.6. The van der Waals surface area contributed by atoms with Crippen LogP contribution in [-0.2, 0) is 51.2 Å². The van der Waals surface area contributed by atoms with Crippen LogP contribution in [0.4, 0.5) is 34.6 Å². The standard InChI is InChI=1S/C26H26ClN9O15S4.3K/c1-3-36-22(38)19(21(28)37)12(2)20(23(36)39)35-34-16-10-15(17(53(42,43)44)11-18(16)54(45,46)47)30-26-32-24(27)31-25(33-26)29-13-4-6-14(7-5-13)52(40,41)9-8-51-55(48,49)50;;;/h4-7,10-11,38H,3,8-9H2,1-2H3,(H2,28,37)(H,42,43,44)(H,45,46,47)(H,48,49,50)(H2,29,30,31,32,33);;;. The van der Waals surface area contributed by atoms with E-state index in [9.17, 15) is 57.5 Å². The predicted octanol–water partition coefficient (Wildman–Crippen LogP) is 0.666. The molecule has 0 saturated heterocycles. The van der Waals surface area contributed by atoms with Crippen LogP contribution in [0.15, 0.2) is 66.1 Å². The van der Waals surface area contributed by atoms with Gasteiger partial charge in [0.25, 0.3) is 31.7 Å². The van der Waals surface area contributed by atoms with Crippen LogP contribution < -0.4 is 21.9 Å². The summed E-state index contributed by atoms with van der Waals surface area (Å²) >= 11 is 6.02. The maximum Gasteiger partial charge on any atom is 0.397 e.